The Balaban J connectivity index is 2.43. The Morgan fingerprint density at radius 2 is 1.81 bits per heavy atom. The van der Waals surface area contributed by atoms with Gasteiger partial charge in [-0.2, -0.15) is 0 Å². The highest BCUT2D eigenvalue weighted by atomic mass is 32.2. The minimum absolute atomic E-state index is 0.177. The van der Waals surface area contributed by atoms with Gasteiger partial charge in [0, 0.05) is 5.69 Å². The Kier molecular flexibility index (Phi) is 4.50. The fourth-order valence-corrected chi connectivity index (χ4v) is 2.78. The number of hydrogen-bond donors (Lipinski definition) is 3. The van der Waals surface area contributed by atoms with Gasteiger partial charge in [0.15, 0.2) is 0 Å². The van der Waals surface area contributed by atoms with Crippen LogP contribution in [-0.4, -0.2) is 15.5 Å². The smallest absolute Gasteiger partial charge is 0.240 e. The predicted octanol–water partition coefficient (Wildman–Crippen LogP) is 2.48. The Morgan fingerprint density at radius 3 is 2.48 bits per heavy atom. The molecule has 0 fully saturated rings. The molecule has 4 N–H and O–H groups in total. The quantitative estimate of drug-likeness (QED) is 0.741. The molecule has 0 amide bonds. The SMILES string of the molecule is CCc1ccccc1Nc1cc(S(=O)(=O)NC)ccc1N. The maximum absolute atomic E-state index is 11.9. The maximum Gasteiger partial charge on any atom is 0.240 e. The van der Waals surface area contributed by atoms with Crippen molar-refractivity contribution in [1.82, 2.24) is 4.72 Å². The molecule has 2 rings (SSSR count). The third-order valence-corrected chi connectivity index (χ3v) is 4.68. The second-order valence-corrected chi connectivity index (χ2v) is 6.48. The van der Waals surface area contributed by atoms with E-state index in [1.807, 2.05) is 24.3 Å². The minimum atomic E-state index is -3.49. The molecule has 0 atom stereocenters. The highest BCUT2D eigenvalue weighted by Gasteiger charge is 2.13. The van der Waals surface area contributed by atoms with E-state index in [4.69, 9.17) is 5.73 Å². The lowest BCUT2D eigenvalue weighted by Crippen LogP contribution is -2.18. The van der Waals surface area contributed by atoms with Crippen LogP contribution in [0.25, 0.3) is 0 Å². The molecule has 0 aliphatic heterocycles. The summed E-state index contributed by atoms with van der Waals surface area (Å²) in [6.07, 6.45) is 0.873. The molecule has 2 aromatic carbocycles. The van der Waals surface area contributed by atoms with Crippen LogP contribution in [0.2, 0.25) is 0 Å². The summed E-state index contributed by atoms with van der Waals surface area (Å²) < 4.78 is 26.0. The van der Waals surface area contributed by atoms with Crippen LogP contribution >= 0.6 is 0 Å². The van der Waals surface area contributed by atoms with E-state index in [2.05, 4.69) is 17.0 Å². The summed E-state index contributed by atoms with van der Waals surface area (Å²) in [6, 6.07) is 12.5. The van der Waals surface area contributed by atoms with E-state index in [0.29, 0.717) is 11.4 Å². The Morgan fingerprint density at radius 1 is 1.10 bits per heavy atom. The van der Waals surface area contributed by atoms with E-state index >= 15 is 0 Å². The van der Waals surface area contributed by atoms with Crippen molar-refractivity contribution in [3.05, 3.63) is 48.0 Å². The zero-order valence-corrected chi connectivity index (χ0v) is 12.9. The monoisotopic (exact) mass is 305 g/mol. The van der Waals surface area contributed by atoms with Crippen LogP contribution in [0, 0.1) is 0 Å². The zero-order chi connectivity index (χ0) is 15.5. The molecule has 0 bridgehead atoms. The number of para-hydroxylation sites is 1. The molecule has 0 saturated carbocycles. The molecule has 5 nitrogen and oxygen atoms in total. The molecule has 0 aliphatic rings. The van der Waals surface area contributed by atoms with Gasteiger partial charge in [-0.1, -0.05) is 25.1 Å². The molecular weight excluding hydrogens is 286 g/mol. The first-order chi connectivity index (χ1) is 9.97. The number of anilines is 3. The molecule has 0 radical (unpaired) electrons. The van der Waals surface area contributed by atoms with Crippen molar-refractivity contribution in [1.29, 1.82) is 0 Å². The summed E-state index contributed by atoms with van der Waals surface area (Å²) in [5.74, 6) is 0. The normalized spacial score (nSPS) is 11.3. The molecule has 21 heavy (non-hydrogen) atoms. The molecule has 0 aliphatic carbocycles. The van der Waals surface area contributed by atoms with E-state index < -0.39 is 10.0 Å². The van der Waals surface area contributed by atoms with Crippen molar-refractivity contribution in [2.75, 3.05) is 18.1 Å². The standard InChI is InChI=1S/C15H19N3O2S/c1-3-11-6-4-5-7-14(11)18-15-10-12(8-9-13(15)16)21(19,20)17-2/h4-10,17-18H,3,16H2,1-2H3. The second-order valence-electron chi connectivity index (χ2n) is 4.59. The largest absolute Gasteiger partial charge is 0.397 e. The maximum atomic E-state index is 11.9. The van der Waals surface area contributed by atoms with Gasteiger partial charge in [0.2, 0.25) is 10.0 Å². The molecule has 2 aromatic rings. The summed E-state index contributed by atoms with van der Waals surface area (Å²) in [7, 11) is -2.11. The first kappa shape index (κ1) is 15.3. The van der Waals surface area contributed by atoms with Crippen LogP contribution in [0.15, 0.2) is 47.4 Å². The van der Waals surface area contributed by atoms with Crippen molar-refractivity contribution < 1.29 is 8.42 Å². The number of rotatable bonds is 5. The molecule has 0 saturated heterocycles. The molecular formula is C15H19N3O2S. The Hall–Kier alpha value is -2.05. The average Bonchev–Trinajstić information content (AvgIpc) is 2.49. The minimum Gasteiger partial charge on any atom is -0.397 e. The highest BCUT2D eigenvalue weighted by molar-refractivity contribution is 7.89. The van der Waals surface area contributed by atoms with Crippen molar-refractivity contribution >= 4 is 27.1 Å². The molecule has 112 valence electrons. The van der Waals surface area contributed by atoms with Gasteiger partial charge < -0.3 is 11.1 Å². The van der Waals surface area contributed by atoms with Gasteiger partial charge in [-0.15, -0.1) is 0 Å². The lowest BCUT2D eigenvalue weighted by molar-refractivity contribution is 0.588. The average molecular weight is 305 g/mol. The Bertz CT molecular complexity index is 742. The summed E-state index contributed by atoms with van der Waals surface area (Å²) in [6.45, 7) is 2.06. The number of sulfonamides is 1. The van der Waals surface area contributed by atoms with Crippen molar-refractivity contribution in [2.24, 2.45) is 0 Å². The van der Waals surface area contributed by atoms with Crippen LogP contribution in [-0.2, 0) is 16.4 Å². The first-order valence-corrected chi connectivity index (χ1v) is 8.14. The van der Waals surface area contributed by atoms with Gasteiger partial charge >= 0.3 is 0 Å². The molecule has 0 unspecified atom stereocenters. The lowest BCUT2D eigenvalue weighted by atomic mass is 10.1. The number of aryl methyl sites for hydroxylation is 1. The highest BCUT2D eigenvalue weighted by Crippen LogP contribution is 2.28. The summed E-state index contributed by atoms with van der Waals surface area (Å²) in [4.78, 5) is 0.177. The van der Waals surface area contributed by atoms with Crippen LogP contribution in [0.1, 0.15) is 12.5 Å². The molecule has 0 heterocycles. The zero-order valence-electron chi connectivity index (χ0n) is 12.1. The van der Waals surface area contributed by atoms with Gasteiger partial charge in [-0.05, 0) is 43.3 Å². The predicted molar refractivity (Wildman–Crippen MR) is 86.2 cm³/mol. The summed E-state index contributed by atoms with van der Waals surface area (Å²) in [5.41, 5.74) is 9.07. The number of nitrogens with one attached hydrogen (secondary N) is 2. The van der Waals surface area contributed by atoms with E-state index in [1.54, 1.807) is 6.07 Å². The van der Waals surface area contributed by atoms with Crippen molar-refractivity contribution in [3.63, 3.8) is 0 Å². The number of hydrogen-bond acceptors (Lipinski definition) is 4. The third kappa shape index (κ3) is 3.34. The first-order valence-electron chi connectivity index (χ1n) is 6.66. The van der Waals surface area contributed by atoms with Crippen molar-refractivity contribution in [3.8, 4) is 0 Å². The van der Waals surface area contributed by atoms with Crippen LogP contribution in [0.4, 0.5) is 17.1 Å². The number of nitrogens with two attached hydrogens (primary N) is 1. The fraction of sp³-hybridized carbons (Fsp3) is 0.200. The fourth-order valence-electron chi connectivity index (χ4n) is 2.02. The number of benzene rings is 2. The summed E-state index contributed by atoms with van der Waals surface area (Å²) >= 11 is 0. The topological polar surface area (TPSA) is 84.2 Å². The third-order valence-electron chi connectivity index (χ3n) is 3.27. The van der Waals surface area contributed by atoms with Gasteiger partial charge in [0.25, 0.3) is 0 Å². The van der Waals surface area contributed by atoms with Crippen LogP contribution in [0.3, 0.4) is 0 Å². The van der Waals surface area contributed by atoms with E-state index in [1.165, 1.54) is 19.2 Å². The van der Waals surface area contributed by atoms with Gasteiger partial charge in [0.05, 0.1) is 16.3 Å². The van der Waals surface area contributed by atoms with Gasteiger partial charge in [-0.3, -0.25) is 0 Å². The second kappa shape index (κ2) is 6.15. The van der Waals surface area contributed by atoms with Crippen LogP contribution in [0.5, 0.6) is 0 Å². The summed E-state index contributed by atoms with van der Waals surface area (Å²) in [5, 5.41) is 3.21. The van der Waals surface area contributed by atoms with Gasteiger partial charge in [0.1, 0.15) is 0 Å². The van der Waals surface area contributed by atoms with Crippen LogP contribution < -0.4 is 15.8 Å². The van der Waals surface area contributed by atoms with E-state index in [0.717, 1.165) is 17.7 Å². The van der Waals surface area contributed by atoms with Gasteiger partial charge in [-0.25, -0.2) is 13.1 Å². The van der Waals surface area contributed by atoms with E-state index in [9.17, 15) is 8.42 Å². The number of nitrogen functional groups attached to an aromatic ring is 1. The lowest BCUT2D eigenvalue weighted by Gasteiger charge is -2.14. The van der Waals surface area contributed by atoms with Crippen molar-refractivity contribution in [2.45, 2.75) is 18.2 Å². The molecule has 0 aromatic heterocycles. The molecule has 6 heteroatoms. The van der Waals surface area contributed by atoms with E-state index in [-0.39, 0.29) is 4.90 Å². The Labute approximate surface area is 125 Å². The molecule has 0 spiro atoms.